The number of carbonyl (C=O) groups excluding carboxylic acids is 1. The summed E-state index contributed by atoms with van der Waals surface area (Å²) in [6.45, 7) is 0.669. The number of methoxy groups -OCH3 is 1. The molecule has 1 aromatic carbocycles. The Hall–Kier alpha value is -2.21. The number of rotatable bonds is 4. The molecule has 1 N–H and O–H groups in total. The first-order valence-electron chi connectivity index (χ1n) is 7.00. The number of anilines is 2. The first-order valence-corrected chi connectivity index (χ1v) is 7.38. The lowest BCUT2D eigenvalue weighted by Crippen LogP contribution is -2.33. The lowest BCUT2D eigenvalue weighted by molar-refractivity contribution is -0.117. The van der Waals surface area contributed by atoms with Gasteiger partial charge in [-0.1, -0.05) is 11.6 Å². The van der Waals surface area contributed by atoms with Crippen molar-refractivity contribution in [2.24, 2.45) is 7.05 Å². The summed E-state index contributed by atoms with van der Waals surface area (Å²) in [4.78, 5) is 14.3. The minimum atomic E-state index is -0.282. The maximum Gasteiger partial charge on any atom is 0.249 e. The maximum atomic E-state index is 12.5. The number of amides is 1. The molecular weight excluding hydrogens is 304 g/mol. The number of halogens is 1. The summed E-state index contributed by atoms with van der Waals surface area (Å²) in [7, 11) is 3.38. The number of carbonyl (C=O) groups is 1. The Morgan fingerprint density at radius 3 is 2.73 bits per heavy atom. The van der Waals surface area contributed by atoms with E-state index in [4.69, 9.17) is 16.3 Å². The Bertz CT molecular complexity index is 683. The Balaban J connectivity index is 1.71. The van der Waals surface area contributed by atoms with E-state index in [0.29, 0.717) is 23.3 Å². The molecule has 6 nitrogen and oxygen atoms in total. The third-order valence-corrected chi connectivity index (χ3v) is 3.96. The summed E-state index contributed by atoms with van der Waals surface area (Å²) in [5, 5.41) is 8.11. The predicted octanol–water partition coefficient (Wildman–Crippen LogP) is 2.30. The number of aromatic nitrogens is 2. The molecule has 1 atom stereocenters. The minimum Gasteiger partial charge on any atom is -0.481 e. The van der Waals surface area contributed by atoms with Gasteiger partial charge >= 0.3 is 0 Å². The minimum absolute atomic E-state index is 0.0342. The molecule has 22 heavy (non-hydrogen) atoms. The number of nitrogens with zero attached hydrogens (tertiary/aromatic N) is 3. The van der Waals surface area contributed by atoms with Gasteiger partial charge in [0.15, 0.2) is 5.82 Å². The van der Waals surface area contributed by atoms with Gasteiger partial charge in [-0.3, -0.25) is 4.79 Å². The van der Waals surface area contributed by atoms with Gasteiger partial charge in [-0.2, -0.15) is 5.10 Å². The number of hydrogen-bond acceptors (Lipinski definition) is 4. The Morgan fingerprint density at radius 2 is 2.09 bits per heavy atom. The normalized spacial score (nSPS) is 17.9. The molecule has 3 rings (SSSR count). The molecule has 1 saturated heterocycles. The van der Waals surface area contributed by atoms with Crippen LogP contribution in [0.25, 0.3) is 0 Å². The van der Waals surface area contributed by atoms with Crippen LogP contribution in [-0.4, -0.2) is 35.4 Å². The van der Waals surface area contributed by atoms with Gasteiger partial charge in [-0.25, -0.2) is 4.68 Å². The van der Waals surface area contributed by atoms with Crippen LogP contribution >= 0.6 is 11.6 Å². The molecule has 2 aromatic rings. The molecule has 116 valence electrons. The molecule has 0 aliphatic carbocycles. The molecular formula is C15H17ClN4O2. The van der Waals surface area contributed by atoms with E-state index in [0.717, 1.165) is 12.1 Å². The van der Waals surface area contributed by atoms with Crippen molar-refractivity contribution >= 4 is 29.0 Å². The van der Waals surface area contributed by atoms with Crippen LogP contribution in [0.15, 0.2) is 30.3 Å². The molecule has 1 aromatic heterocycles. The van der Waals surface area contributed by atoms with Crippen LogP contribution in [0.1, 0.15) is 6.42 Å². The van der Waals surface area contributed by atoms with E-state index >= 15 is 0 Å². The number of ether oxygens (including phenoxy) is 1. The van der Waals surface area contributed by atoms with Gasteiger partial charge in [0.25, 0.3) is 0 Å². The first kappa shape index (κ1) is 14.7. The van der Waals surface area contributed by atoms with Crippen molar-refractivity contribution < 1.29 is 9.53 Å². The van der Waals surface area contributed by atoms with Crippen molar-refractivity contribution in [3.05, 3.63) is 35.4 Å². The van der Waals surface area contributed by atoms with Crippen LogP contribution in [0.3, 0.4) is 0 Å². The van der Waals surface area contributed by atoms with Crippen LogP contribution in [0, 0.1) is 0 Å². The lowest BCUT2D eigenvalue weighted by Gasteiger charge is -2.17. The summed E-state index contributed by atoms with van der Waals surface area (Å²) in [6, 6.07) is 8.77. The number of aryl methyl sites for hydroxylation is 1. The van der Waals surface area contributed by atoms with Crippen molar-refractivity contribution in [2.45, 2.75) is 12.5 Å². The van der Waals surface area contributed by atoms with Crippen molar-refractivity contribution in [1.82, 2.24) is 9.78 Å². The highest BCUT2D eigenvalue weighted by molar-refractivity contribution is 6.30. The van der Waals surface area contributed by atoms with Gasteiger partial charge < -0.3 is 15.0 Å². The van der Waals surface area contributed by atoms with Gasteiger partial charge in [0.2, 0.25) is 11.8 Å². The molecule has 1 fully saturated rings. The summed E-state index contributed by atoms with van der Waals surface area (Å²) in [6.07, 6.45) is 0.723. The lowest BCUT2D eigenvalue weighted by atomic mass is 10.2. The van der Waals surface area contributed by atoms with Gasteiger partial charge in [-0.05, 0) is 30.7 Å². The predicted molar refractivity (Wildman–Crippen MR) is 85.6 cm³/mol. The molecule has 0 saturated carbocycles. The number of benzene rings is 1. The second-order valence-corrected chi connectivity index (χ2v) is 5.58. The first-order chi connectivity index (χ1) is 10.6. The summed E-state index contributed by atoms with van der Waals surface area (Å²) in [5.74, 6) is 1.31. The zero-order chi connectivity index (χ0) is 15.7. The van der Waals surface area contributed by atoms with E-state index in [1.165, 1.54) is 0 Å². The molecule has 1 unspecified atom stereocenters. The van der Waals surface area contributed by atoms with Crippen LogP contribution < -0.4 is 15.0 Å². The third-order valence-electron chi connectivity index (χ3n) is 3.71. The molecule has 2 heterocycles. The van der Waals surface area contributed by atoms with Crippen molar-refractivity contribution in [2.75, 3.05) is 23.9 Å². The molecule has 0 bridgehead atoms. The summed E-state index contributed by atoms with van der Waals surface area (Å²) >= 11 is 5.88. The molecule has 1 aliphatic rings. The Kier molecular flexibility index (Phi) is 3.94. The quantitative estimate of drug-likeness (QED) is 0.939. The van der Waals surface area contributed by atoms with E-state index in [1.807, 2.05) is 12.1 Å². The highest BCUT2D eigenvalue weighted by Crippen LogP contribution is 2.25. The fourth-order valence-corrected chi connectivity index (χ4v) is 2.71. The van der Waals surface area contributed by atoms with Crippen LogP contribution in [-0.2, 0) is 11.8 Å². The number of nitrogens with one attached hydrogen (secondary N) is 1. The molecule has 0 radical (unpaired) electrons. The molecule has 1 amide bonds. The van der Waals surface area contributed by atoms with Gasteiger partial charge in [0, 0.05) is 30.4 Å². The summed E-state index contributed by atoms with van der Waals surface area (Å²) < 4.78 is 6.79. The Labute approximate surface area is 133 Å². The zero-order valence-corrected chi connectivity index (χ0v) is 13.2. The van der Waals surface area contributed by atoms with Crippen LogP contribution in [0.2, 0.25) is 5.02 Å². The average molecular weight is 321 g/mol. The van der Waals surface area contributed by atoms with E-state index in [2.05, 4.69) is 10.4 Å². The van der Waals surface area contributed by atoms with E-state index < -0.39 is 0 Å². The van der Waals surface area contributed by atoms with Crippen molar-refractivity contribution in [3.63, 3.8) is 0 Å². The van der Waals surface area contributed by atoms with Gasteiger partial charge in [-0.15, -0.1) is 0 Å². The summed E-state index contributed by atoms with van der Waals surface area (Å²) in [5.41, 5.74) is 0.859. The van der Waals surface area contributed by atoms with Crippen molar-refractivity contribution in [1.29, 1.82) is 0 Å². The highest BCUT2D eigenvalue weighted by atomic mass is 35.5. The topological polar surface area (TPSA) is 59.4 Å². The second-order valence-electron chi connectivity index (χ2n) is 5.15. The SMILES string of the molecule is COc1cc(NC2CCN(c3ccc(Cl)cc3)C2=O)nn1C. The third kappa shape index (κ3) is 2.74. The highest BCUT2D eigenvalue weighted by Gasteiger charge is 2.33. The second kappa shape index (κ2) is 5.88. The molecule has 0 spiro atoms. The van der Waals surface area contributed by atoms with Gasteiger partial charge in [0.1, 0.15) is 6.04 Å². The van der Waals surface area contributed by atoms with Crippen molar-refractivity contribution in [3.8, 4) is 5.88 Å². The van der Waals surface area contributed by atoms with Crippen LogP contribution in [0.4, 0.5) is 11.5 Å². The monoisotopic (exact) mass is 320 g/mol. The average Bonchev–Trinajstić information content (AvgIpc) is 3.04. The standard InChI is InChI=1S/C15H17ClN4O2/c1-19-14(22-2)9-13(18-19)17-12-7-8-20(15(12)21)11-5-3-10(16)4-6-11/h3-6,9,12H,7-8H2,1-2H3,(H,17,18). The Morgan fingerprint density at radius 1 is 1.36 bits per heavy atom. The maximum absolute atomic E-state index is 12.5. The zero-order valence-electron chi connectivity index (χ0n) is 12.4. The fourth-order valence-electron chi connectivity index (χ4n) is 2.58. The fraction of sp³-hybridized carbons (Fsp3) is 0.333. The van der Waals surface area contributed by atoms with E-state index in [1.54, 1.807) is 41.9 Å². The smallest absolute Gasteiger partial charge is 0.249 e. The largest absolute Gasteiger partial charge is 0.481 e. The van der Waals surface area contributed by atoms with Crippen LogP contribution in [0.5, 0.6) is 5.88 Å². The van der Waals surface area contributed by atoms with E-state index in [9.17, 15) is 4.79 Å². The number of hydrogen-bond donors (Lipinski definition) is 1. The molecule has 1 aliphatic heterocycles. The van der Waals surface area contributed by atoms with E-state index in [-0.39, 0.29) is 11.9 Å². The molecule has 7 heteroatoms. The van der Waals surface area contributed by atoms with Gasteiger partial charge in [0.05, 0.1) is 7.11 Å².